The summed E-state index contributed by atoms with van der Waals surface area (Å²) in [6, 6.07) is 0. The third-order valence-electron chi connectivity index (χ3n) is 3.09. The summed E-state index contributed by atoms with van der Waals surface area (Å²) in [5, 5.41) is 6.68. The molecule has 0 saturated carbocycles. The third kappa shape index (κ3) is 5.71. The van der Waals surface area contributed by atoms with E-state index < -0.39 is 0 Å². The molecule has 0 spiro atoms. The van der Waals surface area contributed by atoms with Gasteiger partial charge < -0.3 is 20.3 Å². The Morgan fingerprint density at radius 3 is 2.40 bits per heavy atom. The van der Waals surface area contributed by atoms with Crippen molar-refractivity contribution in [1.29, 1.82) is 0 Å². The number of methoxy groups -OCH3 is 1. The molecule has 0 saturated heterocycles. The molecule has 1 aromatic rings. The molecule has 2 N–H and O–H groups in total. The first-order chi connectivity index (χ1) is 9.69. The smallest absolute Gasteiger partial charge is 0.134 e. The van der Waals surface area contributed by atoms with Crippen molar-refractivity contribution >= 4 is 11.6 Å². The van der Waals surface area contributed by atoms with Gasteiger partial charge in [-0.1, -0.05) is 6.92 Å². The zero-order valence-electron chi connectivity index (χ0n) is 13.1. The number of nitrogens with one attached hydrogen (secondary N) is 2. The predicted molar refractivity (Wildman–Crippen MR) is 83.4 cm³/mol. The molecule has 0 aromatic carbocycles. The van der Waals surface area contributed by atoms with Crippen LogP contribution in [-0.4, -0.2) is 61.8 Å². The predicted octanol–water partition coefficient (Wildman–Crippen LogP) is 1.60. The Hall–Kier alpha value is -1.40. The highest BCUT2D eigenvalue weighted by molar-refractivity contribution is 5.56. The van der Waals surface area contributed by atoms with Crippen LogP contribution in [0.5, 0.6) is 0 Å². The summed E-state index contributed by atoms with van der Waals surface area (Å²) in [7, 11) is 3.81. The van der Waals surface area contributed by atoms with Gasteiger partial charge in [0.05, 0.1) is 6.61 Å². The molecule has 0 fully saturated rings. The first-order valence-corrected chi connectivity index (χ1v) is 7.15. The Morgan fingerprint density at radius 2 is 1.80 bits per heavy atom. The third-order valence-corrected chi connectivity index (χ3v) is 3.09. The minimum Gasteiger partial charge on any atom is -0.383 e. The van der Waals surface area contributed by atoms with E-state index in [9.17, 15) is 0 Å². The van der Waals surface area contributed by atoms with Gasteiger partial charge in [-0.25, -0.2) is 9.97 Å². The van der Waals surface area contributed by atoms with Gasteiger partial charge >= 0.3 is 0 Å². The van der Waals surface area contributed by atoms with E-state index in [2.05, 4.69) is 39.5 Å². The number of rotatable bonds is 10. The van der Waals surface area contributed by atoms with Crippen LogP contribution >= 0.6 is 0 Å². The molecule has 0 aliphatic carbocycles. The Balaban J connectivity index is 2.43. The lowest BCUT2D eigenvalue weighted by atomic mass is 10.3. The van der Waals surface area contributed by atoms with Gasteiger partial charge in [0.1, 0.15) is 18.0 Å². The van der Waals surface area contributed by atoms with E-state index in [1.165, 1.54) is 0 Å². The van der Waals surface area contributed by atoms with Crippen molar-refractivity contribution in [2.75, 3.05) is 57.6 Å². The van der Waals surface area contributed by atoms with E-state index in [-0.39, 0.29) is 0 Å². The van der Waals surface area contributed by atoms with Gasteiger partial charge in [0.25, 0.3) is 0 Å². The zero-order chi connectivity index (χ0) is 14.8. The van der Waals surface area contributed by atoms with Gasteiger partial charge in [-0.3, -0.25) is 0 Å². The maximum absolute atomic E-state index is 5.06. The van der Waals surface area contributed by atoms with Crippen molar-refractivity contribution in [2.45, 2.75) is 20.3 Å². The molecular weight excluding hydrogens is 254 g/mol. The summed E-state index contributed by atoms with van der Waals surface area (Å²) >= 11 is 0. The zero-order valence-corrected chi connectivity index (χ0v) is 13.1. The van der Waals surface area contributed by atoms with Gasteiger partial charge in [0.2, 0.25) is 0 Å². The van der Waals surface area contributed by atoms with Crippen molar-refractivity contribution in [3.8, 4) is 0 Å². The monoisotopic (exact) mass is 281 g/mol. The molecule has 114 valence electrons. The first-order valence-electron chi connectivity index (χ1n) is 7.15. The molecule has 20 heavy (non-hydrogen) atoms. The quantitative estimate of drug-likeness (QED) is 0.679. The van der Waals surface area contributed by atoms with E-state index in [4.69, 9.17) is 4.74 Å². The molecule has 0 bridgehead atoms. The lowest BCUT2D eigenvalue weighted by Gasteiger charge is -2.17. The lowest BCUT2D eigenvalue weighted by molar-refractivity contribution is 0.163. The van der Waals surface area contributed by atoms with Crippen LogP contribution in [0, 0.1) is 6.92 Å². The van der Waals surface area contributed by atoms with Gasteiger partial charge in [-0.2, -0.15) is 0 Å². The van der Waals surface area contributed by atoms with E-state index in [1.54, 1.807) is 13.4 Å². The van der Waals surface area contributed by atoms with Crippen LogP contribution in [0.25, 0.3) is 0 Å². The molecule has 6 nitrogen and oxygen atoms in total. The molecule has 1 rings (SSSR count). The second-order valence-electron chi connectivity index (χ2n) is 4.85. The minimum absolute atomic E-state index is 0.758. The fourth-order valence-corrected chi connectivity index (χ4v) is 1.77. The second kappa shape index (κ2) is 9.50. The van der Waals surface area contributed by atoms with E-state index >= 15 is 0 Å². The first kappa shape index (κ1) is 16.7. The van der Waals surface area contributed by atoms with Gasteiger partial charge in [0, 0.05) is 38.9 Å². The summed E-state index contributed by atoms with van der Waals surface area (Å²) in [5.41, 5.74) is 1.07. The second-order valence-corrected chi connectivity index (χ2v) is 4.85. The molecule has 1 aromatic heterocycles. The van der Waals surface area contributed by atoms with Crippen LogP contribution in [0.2, 0.25) is 0 Å². The van der Waals surface area contributed by atoms with Gasteiger partial charge in [-0.05, 0) is 20.4 Å². The number of hydrogen-bond donors (Lipinski definition) is 2. The van der Waals surface area contributed by atoms with Crippen molar-refractivity contribution in [3.63, 3.8) is 0 Å². The van der Waals surface area contributed by atoms with E-state index in [0.717, 1.165) is 56.4 Å². The summed E-state index contributed by atoms with van der Waals surface area (Å²) in [6.07, 6.45) is 2.68. The average Bonchev–Trinajstić information content (AvgIpc) is 2.45. The van der Waals surface area contributed by atoms with Crippen LogP contribution in [0.15, 0.2) is 6.33 Å². The number of ether oxygens (including phenoxy) is 1. The fourth-order valence-electron chi connectivity index (χ4n) is 1.77. The van der Waals surface area contributed by atoms with Crippen LogP contribution in [-0.2, 0) is 4.74 Å². The SMILES string of the molecule is CCCNc1ncnc(NCCN(C)CCOC)c1C. The highest BCUT2D eigenvalue weighted by atomic mass is 16.5. The van der Waals surface area contributed by atoms with Crippen LogP contribution in [0.1, 0.15) is 18.9 Å². The molecule has 0 aliphatic rings. The number of hydrogen-bond acceptors (Lipinski definition) is 6. The largest absolute Gasteiger partial charge is 0.383 e. The van der Waals surface area contributed by atoms with Crippen molar-refractivity contribution in [1.82, 2.24) is 14.9 Å². The average molecular weight is 281 g/mol. The van der Waals surface area contributed by atoms with Gasteiger partial charge in [0.15, 0.2) is 0 Å². The van der Waals surface area contributed by atoms with Crippen molar-refractivity contribution in [2.24, 2.45) is 0 Å². The summed E-state index contributed by atoms with van der Waals surface area (Å²) in [5.74, 6) is 1.82. The summed E-state index contributed by atoms with van der Waals surface area (Å²) in [4.78, 5) is 10.8. The molecule has 0 unspecified atom stereocenters. The number of aromatic nitrogens is 2. The van der Waals surface area contributed by atoms with Crippen LogP contribution in [0.3, 0.4) is 0 Å². The normalized spacial score (nSPS) is 10.8. The summed E-state index contributed by atoms with van der Waals surface area (Å²) < 4.78 is 5.06. The Morgan fingerprint density at radius 1 is 1.15 bits per heavy atom. The van der Waals surface area contributed by atoms with Crippen LogP contribution in [0.4, 0.5) is 11.6 Å². The topological polar surface area (TPSA) is 62.3 Å². The van der Waals surface area contributed by atoms with E-state index in [1.807, 2.05) is 6.92 Å². The van der Waals surface area contributed by atoms with Crippen molar-refractivity contribution in [3.05, 3.63) is 11.9 Å². The molecule has 0 atom stereocenters. The minimum atomic E-state index is 0.758. The van der Waals surface area contributed by atoms with Crippen LogP contribution < -0.4 is 10.6 Å². The maximum atomic E-state index is 5.06. The standard InChI is InChI=1S/C14H27N5O/c1-5-6-15-13-12(2)14(18-11-17-13)16-7-8-19(3)9-10-20-4/h11H,5-10H2,1-4H3,(H2,15,16,17,18). The number of nitrogens with zero attached hydrogens (tertiary/aromatic N) is 3. The maximum Gasteiger partial charge on any atom is 0.134 e. The Bertz CT molecular complexity index is 386. The fraction of sp³-hybridized carbons (Fsp3) is 0.714. The highest BCUT2D eigenvalue weighted by Crippen LogP contribution is 2.17. The van der Waals surface area contributed by atoms with Crippen molar-refractivity contribution < 1.29 is 4.74 Å². The van der Waals surface area contributed by atoms with Gasteiger partial charge in [-0.15, -0.1) is 0 Å². The Labute approximate surface area is 121 Å². The molecule has 0 aliphatic heterocycles. The highest BCUT2D eigenvalue weighted by Gasteiger charge is 2.06. The molecule has 1 heterocycles. The lowest BCUT2D eigenvalue weighted by Crippen LogP contribution is -2.28. The van der Waals surface area contributed by atoms with E-state index in [0.29, 0.717) is 0 Å². The number of likely N-dealkylation sites (N-methyl/N-ethyl adjacent to an activating group) is 1. The number of anilines is 2. The Kier molecular flexibility index (Phi) is 7.91. The molecular formula is C14H27N5O. The molecule has 0 radical (unpaired) electrons. The molecule has 0 amide bonds. The molecule has 6 heteroatoms. The summed E-state index contributed by atoms with van der Waals surface area (Å²) in [6.45, 7) is 8.60.